The number of anilines is 2. The number of nitrogens with one attached hydrogen (secondary N) is 1. The highest BCUT2D eigenvalue weighted by Crippen LogP contribution is 2.25. The van der Waals surface area contributed by atoms with E-state index in [1.54, 1.807) is 48.5 Å². The van der Waals surface area contributed by atoms with Gasteiger partial charge in [-0.1, -0.05) is 48.0 Å². The lowest BCUT2D eigenvalue weighted by Gasteiger charge is -2.21. The Morgan fingerprint density at radius 3 is 2.11 bits per heavy atom. The molecule has 0 aliphatic heterocycles. The first-order valence-electron chi connectivity index (χ1n) is 8.40. The topological polar surface area (TPSA) is 66.5 Å². The number of carbonyl (C=O) groups excluding carboxylic acids is 1. The summed E-state index contributed by atoms with van der Waals surface area (Å²) in [5.74, 6) is -0.473. The molecule has 0 aliphatic carbocycles. The summed E-state index contributed by atoms with van der Waals surface area (Å²) in [5, 5.41) is 2.75. The molecule has 6 heteroatoms. The molecule has 138 valence electrons. The predicted molar refractivity (Wildman–Crippen MR) is 108 cm³/mol. The van der Waals surface area contributed by atoms with Crippen LogP contribution in [0.4, 0.5) is 11.4 Å². The average molecular weight is 380 g/mol. The maximum Gasteiger partial charge on any atom is 0.264 e. The fraction of sp³-hybridized carbons (Fsp3) is 0.0952. The van der Waals surface area contributed by atoms with Gasteiger partial charge < -0.3 is 5.32 Å². The highest BCUT2D eigenvalue weighted by molar-refractivity contribution is 7.92. The van der Waals surface area contributed by atoms with E-state index in [-0.39, 0.29) is 10.5 Å². The molecule has 3 aromatic carbocycles. The molecule has 0 fully saturated rings. The largest absolute Gasteiger partial charge is 0.322 e. The maximum absolute atomic E-state index is 13.1. The molecule has 0 aromatic heterocycles. The fourth-order valence-corrected chi connectivity index (χ4v) is 4.02. The number of benzene rings is 3. The smallest absolute Gasteiger partial charge is 0.264 e. The van der Waals surface area contributed by atoms with Crippen LogP contribution in [0, 0.1) is 6.92 Å². The van der Waals surface area contributed by atoms with Crippen LogP contribution in [0.3, 0.4) is 0 Å². The van der Waals surface area contributed by atoms with Gasteiger partial charge in [0, 0.05) is 12.7 Å². The van der Waals surface area contributed by atoms with Crippen LogP contribution in [0.15, 0.2) is 83.8 Å². The summed E-state index contributed by atoms with van der Waals surface area (Å²) in [5.41, 5.74) is 2.29. The molecule has 1 amide bonds. The minimum atomic E-state index is -3.89. The highest BCUT2D eigenvalue weighted by Gasteiger charge is 2.26. The van der Waals surface area contributed by atoms with Crippen molar-refractivity contribution in [2.45, 2.75) is 11.8 Å². The van der Waals surface area contributed by atoms with Crippen molar-refractivity contribution in [3.63, 3.8) is 0 Å². The standard InChI is InChI=1S/C21H20N2O3S/c1-16-12-14-17(15-13-16)22-21(24)19-10-6-7-11-20(19)27(25,26)23(2)18-8-4-3-5-9-18/h3-15H,1-2H3,(H,22,24). The number of amides is 1. The van der Waals surface area contributed by atoms with Crippen LogP contribution in [-0.4, -0.2) is 21.4 Å². The van der Waals surface area contributed by atoms with E-state index in [1.165, 1.54) is 23.5 Å². The molecule has 0 aliphatic rings. The summed E-state index contributed by atoms with van der Waals surface area (Å²) in [4.78, 5) is 12.7. The third-order valence-corrected chi connectivity index (χ3v) is 6.04. The van der Waals surface area contributed by atoms with Crippen molar-refractivity contribution >= 4 is 27.3 Å². The van der Waals surface area contributed by atoms with Crippen molar-refractivity contribution in [1.82, 2.24) is 0 Å². The SMILES string of the molecule is Cc1ccc(NC(=O)c2ccccc2S(=O)(=O)N(C)c2ccccc2)cc1. The van der Waals surface area contributed by atoms with Crippen LogP contribution in [0.25, 0.3) is 0 Å². The number of rotatable bonds is 5. The molecule has 0 unspecified atom stereocenters. The second-order valence-corrected chi connectivity index (χ2v) is 8.06. The van der Waals surface area contributed by atoms with Gasteiger partial charge in [-0.05, 0) is 43.3 Å². The molecule has 27 heavy (non-hydrogen) atoms. The second-order valence-electron chi connectivity index (χ2n) is 6.12. The van der Waals surface area contributed by atoms with E-state index < -0.39 is 15.9 Å². The zero-order chi connectivity index (χ0) is 19.4. The fourth-order valence-electron chi connectivity index (χ4n) is 2.64. The molecule has 0 bridgehead atoms. The van der Waals surface area contributed by atoms with Gasteiger partial charge in [-0.2, -0.15) is 0 Å². The number of carbonyl (C=O) groups is 1. The first-order valence-corrected chi connectivity index (χ1v) is 9.84. The molecule has 1 N–H and O–H groups in total. The second kappa shape index (κ2) is 7.63. The Balaban J connectivity index is 1.95. The normalized spacial score (nSPS) is 11.0. The summed E-state index contributed by atoms with van der Waals surface area (Å²) >= 11 is 0. The van der Waals surface area contributed by atoms with E-state index in [9.17, 15) is 13.2 Å². The molecule has 0 heterocycles. The van der Waals surface area contributed by atoms with Gasteiger partial charge in [0.25, 0.3) is 15.9 Å². The van der Waals surface area contributed by atoms with Crippen molar-refractivity contribution in [1.29, 1.82) is 0 Å². The van der Waals surface area contributed by atoms with Gasteiger partial charge in [-0.25, -0.2) is 8.42 Å². The van der Waals surface area contributed by atoms with Crippen LogP contribution < -0.4 is 9.62 Å². The molecule has 0 saturated carbocycles. The van der Waals surface area contributed by atoms with Gasteiger partial charge >= 0.3 is 0 Å². The lowest BCUT2D eigenvalue weighted by Crippen LogP contribution is -2.28. The highest BCUT2D eigenvalue weighted by atomic mass is 32.2. The number of aryl methyl sites for hydroxylation is 1. The Hall–Kier alpha value is -3.12. The lowest BCUT2D eigenvalue weighted by molar-refractivity contribution is 0.102. The Kier molecular flexibility index (Phi) is 5.28. The van der Waals surface area contributed by atoms with Crippen molar-refractivity contribution in [2.24, 2.45) is 0 Å². The Morgan fingerprint density at radius 1 is 0.852 bits per heavy atom. The molecule has 3 rings (SSSR count). The number of para-hydroxylation sites is 1. The molecule has 0 spiro atoms. The number of nitrogens with zero attached hydrogens (tertiary/aromatic N) is 1. The van der Waals surface area contributed by atoms with Gasteiger partial charge in [0.1, 0.15) is 4.90 Å². The number of sulfonamides is 1. The van der Waals surface area contributed by atoms with E-state index in [1.807, 2.05) is 25.1 Å². The molecule has 0 atom stereocenters. The van der Waals surface area contributed by atoms with Crippen LogP contribution in [-0.2, 0) is 10.0 Å². The van der Waals surface area contributed by atoms with Gasteiger partial charge in [0.05, 0.1) is 11.3 Å². The van der Waals surface area contributed by atoms with Crippen molar-refractivity contribution in [3.8, 4) is 0 Å². The van der Waals surface area contributed by atoms with E-state index in [2.05, 4.69) is 5.32 Å². The Labute approximate surface area is 159 Å². The van der Waals surface area contributed by atoms with Crippen LogP contribution >= 0.6 is 0 Å². The van der Waals surface area contributed by atoms with E-state index >= 15 is 0 Å². The Bertz CT molecular complexity index is 1050. The number of hydrogen-bond donors (Lipinski definition) is 1. The van der Waals surface area contributed by atoms with Gasteiger partial charge in [-0.3, -0.25) is 9.10 Å². The van der Waals surface area contributed by atoms with Crippen molar-refractivity contribution < 1.29 is 13.2 Å². The summed E-state index contributed by atoms with van der Waals surface area (Å²) in [6, 6.07) is 22.2. The average Bonchev–Trinajstić information content (AvgIpc) is 2.69. The van der Waals surface area contributed by atoms with Gasteiger partial charge in [-0.15, -0.1) is 0 Å². The minimum absolute atomic E-state index is 0.0408. The summed E-state index contributed by atoms with van der Waals surface area (Å²) in [6.45, 7) is 1.95. The summed E-state index contributed by atoms with van der Waals surface area (Å²) < 4.78 is 27.4. The Morgan fingerprint density at radius 2 is 1.44 bits per heavy atom. The zero-order valence-electron chi connectivity index (χ0n) is 15.1. The summed E-state index contributed by atoms with van der Waals surface area (Å²) in [7, 11) is -2.42. The number of hydrogen-bond acceptors (Lipinski definition) is 3. The van der Waals surface area contributed by atoms with Gasteiger partial charge in [0.15, 0.2) is 0 Å². The van der Waals surface area contributed by atoms with Gasteiger partial charge in [0.2, 0.25) is 0 Å². The lowest BCUT2D eigenvalue weighted by atomic mass is 10.2. The molecule has 0 radical (unpaired) electrons. The predicted octanol–water partition coefficient (Wildman–Crippen LogP) is 4.07. The van der Waals surface area contributed by atoms with E-state index in [4.69, 9.17) is 0 Å². The van der Waals surface area contributed by atoms with Crippen LogP contribution in [0.1, 0.15) is 15.9 Å². The first-order chi connectivity index (χ1) is 12.9. The zero-order valence-corrected chi connectivity index (χ0v) is 15.9. The third-order valence-electron chi connectivity index (χ3n) is 4.20. The maximum atomic E-state index is 13.1. The molecular weight excluding hydrogens is 360 g/mol. The molecule has 3 aromatic rings. The van der Waals surface area contributed by atoms with Crippen LogP contribution in [0.2, 0.25) is 0 Å². The van der Waals surface area contributed by atoms with Crippen molar-refractivity contribution in [2.75, 3.05) is 16.7 Å². The van der Waals surface area contributed by atoms with Crippen LogP contribution in [0.5, 0.6) is 0 Å². The van der Waals surface area contributed by atoms with E-state index in [0.717, 1.165) is 5.56 Å². The minimum Gasteiger partial charge on any atom is -0.322 e. The van der Waals surface area contributed by atoms with E-state index in [0.29, 0.717) is 11.4 Å². The molecular formula is C21H20N2O3S. The third kappa shape index (κ3) is 4.01. The molecule has 0 saturated heterocycles. The quantitative estimate of drug-likeness (QED) is 0.725. The summed E-state index contributed by atoms with van der Waals surface area (Å²) in [6.07, 6.45) is 0. The molecule has 5 nitrogen and oxygen atoms in total. The van der Waals surface area contributed by atoms with Crippen molar-refractivity contribution in [3.05, 3.63) is 90.0 Å². The first kappa shape index (κ1) is 18.7. The monoisotopic (exact) mass is 380 g/mol.